The lowest BCUT2D eigenvalue weighted by atomic mass is 10.1. The van der Waals surface area contributed by atoms with E-state index in [9.17, 15) is 0 Å². The first-order valence-electron chi connectivity index (χ1n) is 6.36. The largest absolute Gasteiger partial charge is 0.488 e. The second-order valence-electron chi connectivity index (χ2n) is 4.84. The topological polar surface area (TPSA) is 35.2 Å². The van der Waals surface area contributed by atoms with Crippen LogP contribution in [0.5, 0.6) is 5.75 Å². The maximum atomic E-state index is 6.00. The molecule has 2 rings (SSSR count). The van der Waals surface area contributed by atoms with E-state index in [0.29, 0.717) is 21.6 Å². The fourth-order valence-electron chi connectivity index (χ4n) is 2.11. The van der Waals surface area contributed by atoms with E-state index in [1.165, 1.54) is 0 Å². The Morgan fingerprint density at radius 3 is 2.24 bits per heavy atom. The molecule has 0 aliphatic heterocycles. The SMILES string of the molecule is Cc1cc(C(N)=S)cc(C)c1OCc1ccc(Cl)c(Cl)c1. The Morgan fingerprint density at radius 2 is 1.71 bits per heavy atom. The van der Waals surface area contributed by atoms with Crippen LogP contribution in [0.4, 0.5) is 0 Å². The zero-order chi connectivity index (χ0) is 15.6. The number of rotatable bonds is 4. The van der Waals surface area contributed by atoms with Gasteiger partial charge in [-0.05, 0) is 54.8 Å². The molecular formula is C16H15Cl2NOS. The fraction of sp³-hybridized carbons (Fsp3) is 0.188. The van der Waals surface area contributed by atoms with Crippen LogP contribution in [0, 0.1) is 13.8 Å². The predicted molar refractivity (Wildman–Crippen MR) is 92.6 cm³/mol. The molecule has 0 heterocycles. The van der Waals surface area contributed by atoms with Gasteiger partial charge in [-0.1, -0.05) is 41.5 Å². The van der Waals surface area contributed by atoms with Crippen molar-refractivity contribution in [3.05, 3.63) is 62.6 Å². The van der Waals surface area contributed by atoms with Crippen molar-refractivity contribution in [3.63, 3.8) is 0 Å². The molecule has 0 aromatic heterocycles. The molecule has 5 heteroatoms. The Labute approximate surface area is 139 Å². The lowest BCUT2D eigenvalue weighted by Gasteiger charge is -2.14. The zero-order valence-corrected chi connectivity index (χ0v) is 14.1. The van der Waals surface area contributed by atoms with Crippen LogP contribution in [-0.4, -0.2) is 4.99 Å². The van der Waals surface area contributed by atoms with E-state index in [4.69, 9.17) is 45.9 Å². The molecule has 0 saturated carbocycles. The third kappa shape index (κ3) is 3.88. The van der Waals surface area contributed by atoms with Crippen molar-refractivity contribution in [2.45, 2.75) is 20.5 Å². The number of hydrogen-bond acceptors (Lipinski definition) is 2. The Bertz CT molecular complexity index is 678. The highest BCUT2D eigenvalue weighted by Gasteiger charge is 2.09. The molecule has 2 nitrogen and oxygen atoms in total. The molecule has 0 amide bonds. The van der Waals surface area contributed by atoms with Crippen molar-refractivity contribution in [1.29, 1.82) is 0 Å². The van der Waals surface area contributed by atoms with Gasteiger partial charge < -0.3 is 10.5 Å². The van der Waals surface area contributed by atoms with E-state index in [1.807, 2.05) is 32.0 Å². The molecule has 21 heavy (non-hydrogen) atoms. The summed E-state index contributed by atoms with van der Waals surface area (Å²) < 4.78 is 5.90. The van der Waals surface area contributed by atoms with Crippen LogP contribution < -0.4 is 10.5 Å². The lowest BCUT2D eigenvalue weighted by molar-refractivity contribution is 0.302. The van der Waals surface area contributed by atoms with E-state index in [-0.39, 0.29) is 0 Å². The molecule has 0 atom stereocenters. The van der Waals surface area contributed by atoms with Gasteiger partial charge in [0.1, 0.15) is 17.3 Å². The fourth-order valence-corrected chi connectivity index (χ4v) is 2.54. The summed E-state index contributed by atoms with van der Waals surface area (Å²) in [5.41, 5.74) is 9.47. The summed E-state index contributed by atoms with van der Waals surface area (Å²) in [5, 5.41) is 1.06. The third-order valence-corrected chi connectivity index (χ3v) is 4.09. The van der Waals surface area contributed by atoms with Gasteiger partial charge in [0, 0.05) is 5.56 Å². The number of hydrogen-bond donors (Lipinski definition) is 1. The normalized spacial score (nSPS) is 10.5. The summed E-state index contributed by atoms with van der Waals surface area (Å²) in [4.78, 5) is 0.386. The average Bonchev–Trinajstić information content (AvgIpc) is 2.41. The molecule has 2 aromatic carbocycles. The number of benzene rings is 2. The first-order chi connectivity index (χ1) is 9.88. The van der Waals surface area contributed by atoms with E-state index in [0.717, 1.165) is 28.0 Å². The van der Waals surface area contributed by atoms with Crippen LogP contribution in [0.25, 0.3) is 0 Å². The molecule has 2 aromatic rings. The van der Waals surface area contributed by atoms with Crippen LogP contribution >= 0.6 is 35.4 Å². The molecule has 0 fully saturated rings. The molecule has 0 bridgehead atoms. The quantitative estimate of drug-likeness (QED) is 0.810. The number of aryl methyl sites for hydroxylation is 2. The lowest BCUT2D eigenvalue weighted by Crippen LogP contribution is -2.10. The highest BCUT2D eigenvalue weighted by molar-refractivity contribution is 7.80. The molecule has 2 N–H and O–H groups in total. The Hall–Kier alpha value is -1.29. The smallest absolute Gasteiger partial charge is 0.125 e. The maximum Gasteiger partial charge on any atom is 0.125 e. The molecular weight excluding hydrogens is 325 g/mol. The summed E-state index contributed by atoms with van der Waals surface area (Å²) in [5.74, 6) is 0.834. The second-order valence-corrected chi connectivity index (χ2v) is 6.09. The van der Waals surface area contributed by atoms with E-state index in [2.05, 4.69) is 0 Å². The summed E-state index contributed by atoms with van der Waals surface area (Å²) >= 11 is 16.9. The van der Waals surface area contributed by atoms with Crippen molar-refractivity contribution in [2.75, 3.05) is 0 Å². The zero-order valence-electron chi connectivity index (χ0n) is 11.7. The molecule has 0 unspecified atom stereocenters. The average molecular weight is 340 g/mol. The van der Waals surface area contributed by atoms with Gasteiger partial charge in [0.2, 0.25) is 0 Å². The van der Waals surface area contributed by atoms with Crippen LogP contribution in [0.2, 0.25) is 10.0 Å². The van der Waals surface area contributed by atoms with Crippen LogP contribution in [-0.2, 0) is 6.61 Å². The van der Waals surface area contributed by atoms with Crippen LogP contribution in [0.15, 0.2) is 30.3 Å². The van der Waals surface area contributed by atoms with Gasteiger partial charge in [-0.15, -0.1) is 0 Å². The molecule has 0 radical (unpaired) electrons. The van der Waals surface area contributed by atoms with Crippen molar-refractivity contribution in [3.8, 4) is 5.75 Å². The van der Waals surface area contributed by atoms with Crippen molar-refractivity contribution < 1.29 is 4.74 Å². The summed E-state index contributed by atoms with van der Waals surface area (Å²) in [6, 6.07) is 9.32. The van der Waals surface area contributed by atoms with Gasteiger partial charge >= 0.3 is 0 Å². The minimum absolute atomic E-state index is 0.386. The van der Waals surface area contributed by atoms with Crippen molar-refractivity contribution >= 4 is 40.4 Å². The molecule has 0 saturated heterocycles. The molecule has 0 aliphatic carbocycles. The molecule has 0 aliphatic rings. The van der Waals surface area contributed by atoms with Gasteiger partial charge in [-0.2, -0.15) is 0 Å². The summed E-state index contributed by atoms with van der Waals surface area (Å²) in [6.07, 6.45) is 0. The van der Waals surface area contributed by atoms with E-state index < -0.39 is 0 Å². The summed E-state index contributed by atoms with van der Waals surface area (Å²) in [6.45, 7) is 4.36. The van der Waals surface area contributed by atoms with Gasteiger partial charge in [-0.3, -0.25) is 0 Å². The van der Waals surface area contributed by atoms with Crippen molar-refractivity contribution in [2.24, 2.45) is 5.73 Å². The predicted octanol–water partition coefficient (Wildman–Crippen LogP) is 4.82. The number of nitrogens with two attached hydrogens (primary N) is 1. The molecule has 110 valence electrons. The van der Waals surface area contributed by atoms with Gasteiger partial charge in [0.15, 0.2) is 0 Å². The highest BCUT2D eigenvalue weighted by Crippen LogP contribution is 2.27. The second kappa shape index (κ2) is 6.65. The standard InChI is InChI=1S/C16H15Cl2NOS/c1-9-5-12(16(19)21)6-10(2)15(9)20-8-11-3-4-13(17)14(18)7-11/h3-7H,8H2,1-2H3,(H2,19,21). The first kappa shape index (κ1) is 16.1. The highest BCUT2D eigenvalue weighted by atomic mass is 35.5. The maximum absolute atomic E-state index is 6.00. The van der Waals surface area contributed by atoms with Gasteiger partial charge in [0.25, 0.3) is 0 Å². The van der Waals surface area contributed by atoms with E-state index >= 15 is 0 Å². The number of thiocarbonyl (C=S) groups is 1. The minimum atomic E-state index is 0.386. The van der Waals surface area contributed by atoms with Crippen LogP contribution in [0.1, 0.15) is 22.3 Å². The van der Waals surface area contributed by atoms with Crippen molar-refractivity contribution in [1.82, 2.24) is 0 Å². The van der Waals surface area contributed by atoms with Crippen LogP contribution in [0.3, 0.4) is 0 Å². The Balaban J connectivity index is 2.20. The minimum Gasteiger partial charge on any atom is -0.488 e. The molecule has 0 spiro atoms. The van der Waals surface area contributed by atoms with Gasteiger partial charge in [-0.25, -0.2) is 0 Å². The van der Waals surface area contributed by atoms with Gasteiger partial charge in [0.05, 0.1) is 10.0 Å². The first-order valence-corrected chi connectivity index (χ1v) is 7.52. The summed E-state index contributed by atoms with van der Waals surface area (Å²) in [7, 11) is 0. The van der Waals surface area contributed by atoms with E-state index in [1.54, 1.807) is 12.1 Å². The third-order valence-electron chi connectivity index (χ3n) is 3.11. The Morgan fingerprint density at radius 1 is 1.10 bits per heavy atom. The monoisotopic (exact) mass is 339 g/mol. The Kier molecular flexibility index (Phi) is 5.09. The number of ether oxygens (including phenoxy) is 1. The number of halogens is 2.